The number of hydrogen-bond donors (Lipinski definition) is 2. The van der Waals surface area contributed by atoms with Crippen molar-refractivity contribution in [2.24, 2.45) is 12.8 Å². The van der Waals surface area contributed by atoms with Crippen LogP contribution in [0.3, 0.4) is 0 Å². The summed E-state index contributed by atoms with van der Waals surface area (Å²) in [5.74, 6) is 0.510. The van der Waals surface area contributed by atoms with Crippen LogP contribution in [0.1, 0.15) is 10.5 Å². The number of amides is 1. The molecule has 1 aromatic heterocycles. The molecular weight excluding hydrogens is 322 g/mol. The van der Waals surface area contributed by atoms with Gasteiger partial charge in [-0.2, -0.15) is 0 Å². The Balaban J connectivity index is 2.09. The predicted molar refractivity (Wildman–Crippen MR) is 82.1 cm³/mol. The lowest BCUT2D eigenvalue weighted by Crippen LogP contribution is -2.15. The molecule has 6 heteroatoms. The molecule has 3 N–H and O–H groups in total. The van der Waals surface area contributed by atoms with Gasteiger partial charge in [0, 0.05) is 36.0 Å². The topological polar surface area (TPSA) is 69.3 Å². The number of halogens is 1. The maximum Gasteiger partial charge on any atom is 0.272 e. The number of aryl methyl sites for hydroxylation is 1. The Labute approximate surface area is 125 Å². The molecule has 2 aromatic rings. The molecule has 2 rings (SSSR count). The largest absolute Gasteiger partial charge is 0.492 e. The zero-order valence-corrected chi connectivity index (χ0v) is 12.7. The third-order valence-electron chi connectivity index (χ3n) is 2.68. The van der Waals surface area contributed by atoms with E-state index in [4.69, 9.17) is 10.5 Å². The second-order valence-electron chi connectivity index (χ2n) is 4.27. The van der Waals surface area contributed by atoms with Gasteiger partial charge in [0.15, 0.2) is 0 Å². The summed E-state index contributed by atoms with van der Waals surface area (Å²) in [5, 5.41) is 2.84. The van der Waals surface area contributed by atoms with Gasteiger partial charge < -0.3 is 20.4 Å². The van der Waals surface area contributed by atoms with Crippen molar-refractivity contribution in [3.05, 3.63) is 46.7 Å². The van der Waals surface area contributed by atoms with Gasteiger partial charge in [-0.1, -0.05) is 6.07 Å². The van der Waals surface area contributed by atoms with Crippen molar-refractivity contribution < 1.29 is 9.53 Å². The highest BCUT2D eigenvalue weighted by Crippen LogP contribution is 2.19. The van der Waals surface area contributed by atoms with Crippen LogP contribution in [0.5, 0.6) is 5.75 Å². The first-order valence-corrected chi connectivity index (χ1v) is 6.95. The van der Waals surface area contributed by atoms with E-state index in [1.54, 1.807) is 16.7 Å². The second kappa shape index (κ2) is 6.58. The summed E-state index contributed by atoms with van der Waals surface area (Å²) >= 11 is 3.34. The third-order valence-corrected chi connectivity index (χ3v) is 3.12. The van der Waals surface area contributed by atoms with Gasteiger partial charge in [-0.25, -0.2) is 0 Å². The van der Waals surface area contributed by atoms with Gasteiger partial charge in [0.2, 0.25) is 0 Å². The molecule has 0 spiro atoms. The number of rotatable bonds is 5. The number of nitrogens with zero attached hydrogens (tertiary/aromatic N) is 1. The summed E-state index contributed by atoms with van der Waals surface area (Å²) in [6, 6.07) is 8.99. The van der Waals surface area contributed by atoms with Crippen molar-refractivity contribution in [2.75, 3.05) is 18.5 Å². The van der Waals surface area contributed by atoms with Gasteiger partial charge in [0.25, 0.3) is 5.91 Å². The van der Waals surface area contributed by atoms with Crippen molar-refractivity contribution >= 4 is 27.5 Å². The molecule has 0 aliphatic carbocycles. The summed E-state index contributed by atoms with van der Waals surface area (Å²) in [5.41, 5.74) is 6.64. The predicted octanol–water partition coefficient (Wildman–Crippen LogP) is 2.38. The fraction of sp³-hybridized carbons (Fsp3) is 0.214. The number of carbonyl (C=O) groups is 1. The molecule has 0 unspecified atom stereocenters. The van der Waals surface area contributed by atoms with Crippen LogP contribution in [-0.2, 0) is 7.05 Å². The van der Waals surface area contributed by atoms with E-state index < -0.39 is 0 Å². The minimum Gasteiger partial charge on any atom is -0.492 e. The lowest BCUT2D eigenvalue weighted by Gasteiger charge is -2.09. The Bertz CT molecular complexity index is 610. The van der Waals surface area contributed by atoms with Crippen LogP contribution in [0.25, 0.3) is 0 Å². The molecule has 0 saturated heterocycles. The smallest absolute Gasteiger partial charge is 0.272 e. The molecule has 106 valence electrons. The Hall–Kier alpha value is -1.79. The van der Waals surface area contributed by atoms with Gasteiger partial charge in [0.05, 0.1) is 0 Å². The van der Waals surface area contributed by atoms with E-state index in [1.165, 1.54) is 0 Å². The number of nitrogens with one attached hydrogen (secondary N) is 1. The molecule has 0 saturated carbocycles. The molecule has 0 fully saturated rings. The summed E-state index contributed by atoms with van der Waals surface area (Å²) in [6.45, 7) is 0.899. The SMILES string of the molecule is Cn1cc(Br)cc1C(=O)Nc1cccc(OCCN)c1. The first-order valence-electron chi connectivity index (χ1n) is 6.16. The van der Waals surface area contributed by atoms with Gasteiger partial charge in [-0.15, -0.1) is 0 Å². The fourth-order valence-corrected chi connectivity index (χ4v) is 2.31. The number of hydrogen-bond acceptors (Lipinski definition) is 3. The molecule has 0 aliphatic rings. The third kappa shape index (κ3) is 3.61. The minimum absolute atomic E-state index is 0.172. The van der Waals surface area contributed by atoms with Crippen molar-refractivity contribution in [2.45, 2.75) is 0 Å². The van der Waals surface area contributed by atoms with E-state index in [9.17, 15) is 4.79 Å². The summed E-state index contributed by atoms with van der Waals surface area (Å²) in [4.78, 5) is 12.2. The van der Waals surface area contributed by atoms with E-state index in [-0.39, 0.29) is 5.91 Å². The van der Waals surface area contributed by atoms with Crippen LogP contribution < -0.4 is 15.8 Å². The molecule has 0 bridgehead atoms. The maximum atomic E-state index is 12.2. The Morgan fingerprint density at radius 2 is 2.25 bits per heavy atom. The van der Waals surface area contributed by atoms with E-state index in [0.717, 1.165) is 4.47 Å². The van der Waals surface area contributed by atoms with E-state index >= 15 is 0 Å². The van der Waals surface area contributed by atoms with Crippen LogP contribution >= 0.6 is 15.9 Å². The monoisotopic (exact) mass is 337 g/mol. The molecule has 0 radical (unpaired) electrons. The van der Waals surface area contributed by atoms with Crippen molar-refractivity contribution in [1.29, 1.82) is 0 Å². The minimum atomic E-state index is -0.172. The molecule has 0 atom stereocenters. The first kappa shape index (κ1) is 14.6. The van der Waals surface area contributed by atoms with Gasteiger partial charge >= 0.3 is 0 Å². The Kier molecular flexibility index (Phi) is 4.81. The summed E-state index contributed by atoms with van der Waals surface area (Å²) in [6.07, 6.45) is 1.83. The number of benzene rings is 1. The summed E-state index contributed by atoms with van der Waals surface area (Å²) in [7, 11) is 1.82. The highest BCUT2D eigenvalue weighted by Gasteiger charge is 2.11. The molecular formula is C14H16BrN3O2. The standard InChI is InChI=1S/C14H16BrN3O2/c1-18-9-10(15)7-13(18)14(19)17-11-3-2-4-12(8-11)20-6-5-16/h2-4,7-9H,5-6,16H2,1H3,(H,17,19). The van der Waals surface area contributed by atoms with E-state index in [0.29, 0.717) is 30.3 Å². The molecule has 0 aliphatic heterocycles. The Morgan fingerprint density at radius 1 is 1.45 bits per heavy atom. The molecule has 1 aromatic carbocycles. The van der Waals surface area contributed by atoms with Gasteiger partial charge in [0.1, 0.15) is 18.1 Å². The lowest BCUT2D eigenvalue weighted by atomic mass is 10.3. The number of anilines is 1. The van der Waals surface area contributed by atoms with Crippen LogP contribution in [0.15, 0.2) is 41.0 Å². The van der Waals surface area contributed by atoms with Crippen molar-refractivity contribution in [3.63, 3.8) is 0 Å². The van der Waals surface area contributed by atoms with Gasteiger partial charge in [-0.3, -0.25) is 4.79 Å². The average Bonchev–Trinajstić information content (AvgIpc) is 2.76. The van der Waals surface area contributed by atoms with Crippen LogP contribution in [0, 0.1) is 0 Å². The maximum absolute atomic E-state index is 12.2. The first-order chi connectivity index (χ1) is 9.60. The number of carbonyl (C=O) groups excluding carboxylic acids is 1. The van der Waals surface area contributed by atoms with Gasteiger partial charge in [-0.05, 0) is 34.1 Å². The molecule has 5 nitrogen and oxygen atoms in total. The van der Waals surface area contributed by atoms with E-state index in [1.807, 2.05) is 31.4 Å². The van der Waals surface area contributed by atoms with Crippen LogP contribution in [0.2, 0.25) is 0 Å². The number of nitrogens with two attached hydrogens (primary N) is 1. The number of ether oxygens (including phenoxy) is 1. The van der Waals surface area contributed by atoms with Crippen LogP contribution in [0.4, 0.5) is 5.69 Å². The highest BCUT2D eigenvalue weighted by atomic mass is 79.9. The fourth-order valence-electron chi connectivity index (χ4n) is 1.79. The van der Waals surface area contributed by atoms with Crippen molar-refractivity contribution in [3.8, 4) is 5.75 Å². The molecule has 1 heterocycles. The quantitative estimate of drug-likeness (QED) is 0.879. The van der Waals surface area contributed by atoms with E-state index in [2.05, 4.69) is 21.2 Å². The normalized spacial score (nSPS) is 10.3. The Morgan fingerprint density at radius 3 is 2.90 bits per heavy atom. The number of aromatic nitrogens is 1. The molecule has 1 amide bonds. The summed E-state index contributed by atoms with van der Waals surface area (Å²) < 4.78 is 8.05. The van der Waals surface area contributed by atoms with Crippen molar-refractivity contribution in [1.82, 2.24) is 4.57 Å². The lowest BCUT2D eigenvalue weighted by molar-refractivity contribution is 0.101. The van der Waals surface area contributed by atoms with Crippen LogP contribution in [-0.4, -0.2) is 23.6 Å². The average molecular weight is 338 g/mol. The highest BCUT2D eigenvalue weighted by molar-refractivity contribution is 9.10. The second-order valence-corrected chi connectivity index (χ2v) is 5.19. The zero-order chi connectivity index (χ0) is 14.5. The zero-order valence-electron chi connectivity index (χ0n) is 11.1. The molecule has 20 heavy (non-hydrogen) atoms.